The fraction of sp³-hybridized carbons (Fsp3) is 0.500. The van der Waals surface area contributed by atoms with Gasteiger partial charge in [-0.25, -0.2) is 0 Å². The molecule has 3 heteroatoms. The standard InChI is InChI=1S/C14H19ClO2/c1-4-14(3,17-5-2)13(16)10-11-7-6-8-12(15)9-11/h6-9H,4-5,10H2,1-3H3. The maximum atomic E-state index is 12.2. The van der Waals surface area contributed by atoms with Gasteiger partial charge in [0.15, 0.2) is 5.78 Å². The second-order valence-electron chi connectivity index (χ2n) is 4.25. The highest BCUT2D eigenvalue weighted by atomic mass is 35.5. The molecule has 1 unspecified atom stereocenters. The highest BCUT2D eigenvalue weighted by molar-refractivity contribution is 6.30. The Bertz CT molecular complexity index is 390. The zero-order valence-corrected chi connectivity index (χ0v) is 11.4. The molecular weight excluding hydrogens is 236 g/mol. The van der Waals surface area contributed by atoms with Gasteiger partial charge in [-0.2, -0.15) is 0 Å². The number of ether oxygens (including phenoxy) is 1. The largest absolute Gasteiger partial charge is 0.368 e. The number of Topliss-reactive ketones (excluding diaryl/α,β-unsaturated/α-hetero) is 1. The predicted molar refractivity (Wildman–Crippen MR) is 70.5 cm³/mol. The van der Waals surface area contributed by atoms with Crippen LogP contribution in [-0.2, 0) is 16.0 Å². The van der Waals surface area contributed by atoms with E-state index in [0.717, 1.165) is 5.56 Å². The van der Waals surface area contributed by atoms with Crippen LogP contribution in [0.15, 0.2) is 24.3 Å². The van der Waals surface area contributed by atoms with Crippen molar-refractivity contribution in [1.82, 2.24) is 0 Å². The molecule has 0 aliphatic rings. The van der Waals surface area contributed by atoms with E-state index < -0.39 is 5.60 Å². The van der Waals surface area contributed by atoms with Crippen LogP contribution in [0, 0.1) is 0 Å². The lowest BCUT2D eigenvalue weighted by molar-refractivity contribution is -0.141. The second-order valence-corrected chi connectivity index (χ2v) is 4.68. The maximum absolute atomic E-state index is 12.2. The van der Waals surface area contributed by atoms with Crippen LogP contribution in [0.1, 0.15) is 32.8 Å². The lowest BCUT2D eigenvalue weighted by Crippen LogP contribution is -2.39. The number of carbonyl (C=O) groups is 1. The number of ketones is 1. The number of hydrogen-bond donors (Lipinski definition) is 0. The third-order valence-electron chi connectivity index (χ3n) is 2.98. The minimum atomic E-state index is -0.683. The van der Waals surface area contributed by atoms with Crippen LogP contribution in [0.4, 0.5) is 0 Å². The van der Waals surface area contributed by atoms with E-state index in [2.05, 4.69) is 0 Å². The lowest BCUT2D eigenvalue weighted by Gasteiger charge is -2.26. The highest BCUT2D eigenvalue weighted by Crippen LogP contribution is 2.20. The molecule has 0 bridgehead atoms. The minimum Gasteiger partial charge on any atom is -0.368 e. The zero-order chi connectivity index (χ0) is 12.9. The Hall–Kier alpha value is -0.860. The van der Waals surface area contributed by atoms with Crippen molar-refractivity contribution in [2.45, 2.75) is 39.2 Å². The summed E-state index contributed by atoms with van der Waals surface area (Å²) in [6.45, 7) is 6.26. The van der Waals surface area contributed by atoms with Gasteiger partial charge in [0, 0.05) is 18.1 Å². The fourth-order valence-corrected chi connectivity index (χ4v) is 1.93. The minimum absolute atomic E-state index is 0.101. The first-order valence-corrected chi connectivity index (χ1v) is 6.31. The highest BCUT2D eigenvalue weighted by Gasteiger charge is 2.31. The van der Waals surface area contributed by atoms with E-state index >= 15 is 0 Å². The lowest BCUT2D eigenvalue weighted by atomic mass is 9.92. The van der Waals surface area contributed by atoms with Crippen LogP contribution in [0.2, 0.25) is 5.02 Å². The van der Waals surface area contributed by atoms with Gasteiger partial charge < -0.3 is 4.74 Å². The van der Waals surface area contributed by atoms with E-state index in [1.165, 1.54) is 0 Å². The Morgan fingerprint density at radius 1 is 1.41 bits per heavy atom. The van der Waals surface area contributed by atoms with E-state index in [0.29, 0.717) is 24.5 Å². The van der Waals surface area contributed by atoms with Crippen molar-refractivity contribution in [1.29, 1.82) is 0 Å². The summed E-state index contributed by atoms with van der Waals surface area (Å²) in [5.74, 6) is 0.101. The molecule has 0 saturated heterocycles. The summed E-state index contributed by atoms with van der Waals surface area (Å²) in [6, 6.07) is 7.39. The van der Waals surface area contributed by atoms with Crippen LogP contribution in [-0.4, -0.2) is 18.0 Å². The molecule has 0 amide bonds. The zero-order valence-electron chi connectivity index (χ0n) is 10.6. The third-order valence-corrected chi connectivity index (χ3v) is 3.22. The molecule has 0 fully saturated rings. The summed E-state index contributed by atoms with van der Waals surface area (Å²) in [7, 11) is 0. The molecule has 0 saturated carbocycles. The summed E-state index contributed by atoms with van der Waals surface area (Å²) in [5.41, 5.74) is 0.249. The van der Waals surface area contributed by atoms with Gasteiger partial charge in [0.2, 0.25) is 0 Å². The van der Waals surface area contributed by atoms with Gasteiger partial charge in [0.05, 0.1) is 0 Å². The summed E-state index contributed by atoms with van der Waals surface area (Å²) in [5, 5.41) is 0.657. The average molecular weight is 255 g/mol. The Morgan fingerprint density at radius 2 is 2.12 bits per heavy atom. The molecule has 1 aromatic carbocycles. The Morgan fingerprint density at radius 3 is 2.65 bits per heavy atom. The van der Waals surface area contributed by atoms with Crippen LogP contribution in [0.25, 0.3) is 0 Å². The molecule has 0 spiro atoms. The van der Waals surface area contributed by atoms with Crippen molar-refractivity contribution >= 4 is 17.4 Å². The van der Waals surface area contributed by atoms with Crippen molar-refractivity contribution < 1.29 is 9.53 Å². The molecule has 0 N–H and O–H groups in total. The van der Waals surface area contributed by atoms with Crippen molar-refractivity contribution in [3.63, 3.8) is 0 Å². The number of hydrogen-bond acceptors (Lipinski definition) is 2. The normalized spacial score (nSPS) is 14.4. The number of benzene rings is 1. The van der Waals surface area contributed by atoms with Gasteiger partial charge in [-0.05, 0) is 38.0 Å². The molecule has 0 aliphatic heterocycles. The second kappa shape index (κ2) is 6.18. The number of rotatable bonds is 6. The van der Waals surface area contributed by atoms with Crippen molar-refractivity contribution in [3.8, 4) is 0 Å². The summed E-state index contributed by atoms with van der Waals surface area (Å²) in [6.07, 6.45) is 1.05. The van der Waals surface area contributed by atoms with Crippen molar-refractivity contribution in [3.05, 3.63) is 34.9 Å². The molecule has 1 aromatic rings. The van der Waals surface area contributed by atoms with E-state index in [9.17, 15) is 4.79 Å². The van der Waals surface area contributed by atoms with Crippen LogP contribution in [0.5, 0.6) is 0 Å². The van der Waals surface area contributed by atoms with Gasteiger partial charge in [-0.3, -0.25) is 4.79 Å². The Balaban J connectivity index is 2.77. The first kappa shape index (κ1) is 14.2. The molecule has 1 atom stereocenters. The van der Waals surface area contributed by atoms with Gasteiger partial charge >= 0.3 is 0 Å². The molecule has 17 heavy (non-hydrogen) atoms. The Labute approximate surface area is 108 Å². The molecule has 2 nitrogen and oxygen atoms in total. The Kier molecular flexibility index (Phi) is 5.16. The summed E-state index contributed by atoms with van der Waals surface area (Å²) in [4.78, 5) is 12.2. The molecule has 0 aromatic heterocycles. The molecule has 0 radical (unpaired) electrons. The molecule has 0 heterocycles. The molecular formula is C14H19ClO2. The van der Waals surface area contributed by atoms with E-state index in [4.69, 9.17) is 16.3 Å². The van der Waals surface area contributed by atoms with Crippen LogP contribution >= 0.6 is 11.6 Å². The van der Waals surface area contributed by atoms with E-state index in [1.54, 1.807) is 6.07 Å². The summed E-state index contributed by atoms with van der Waals surface area (Å²) >= 11 is 5.90. The van der Waals surface area contributed by atoms with E-state index in [1.807, 2.05) is 39.0 Å². The van der Waals surface area contributed by atoms with Gasteiger partial charge in [-0.1, -0.05) is 30.7 Å². The average Bonchev–Trinajstić information content (AvgIpc) is 2.29. The van der Waals surface area contributed by atoms with Gasteiger partial charge in [0.1, 0.15) is 5.60 Å². The van der Waals surface area contributed by atoms with Crippen LogP contribution < -0.4 is 0 Å². The quantitative estimate of drug-likeness (QED) is 0.775. The molecule has 94 valence electrons. The molecule has 0 aliphatic carbocycles. The van der Waals surface area contributed by atoms with Crippen molar-refractivity contribution in [2.24, 2.45) is 0 Å². The number of halogens is 1. The first-order valence-electron chi connectivity index (χ1n) is 5.93. The fourth-order valence-electron chi connectivity index (χ4n) is 1.72. The topological polar surface area (TPSA) is 26.3 Å². The first-order chi connectivity index (χ1) is 8.01. The third kappa shape index (κ3) is 3.83. The molecule has 1 rings (SSSR count). The maximum Gasteiger partial charge on any atom is 0.168 e. The van der Waals surface area contributed by atoms with Crippen LogP contribution in [0.3, 0.4) is 0 Å². The SMILES string of the molecule is CCOC(C)(CC)C(=O)Cc1cccc(Cl)c1. The van der Waals surface area contributed by atoms with E-state index in [-0.39, 0.29) is 5.78 Å². The van der Waals surface area contributed by atoms with Gasteiger partial charge in [-0.15, -0.1) is 0 Å². The predicted octanol–water partition coefficient (Wildman–Crippen LogP) is 3.66. The number of carbonyl (C=O) groups excluding carboxylic acids is 1. The van der Waals surface area contributed by atoms with Gasteiger partial charge in [0.25, 0.3) is 0 Å². The summed E-state index contributed by atoms with van der Waals surface area (Å²) < 4.78 is 5.56. The monoisotopic (exact) mass is 254 g/mol. The van der Waals surface area contributed by atoms with Crippen molar-refractivity contribution in [2.75, 3.05) is 6.61 Å². The smallest absolute Gasteiger partial charge is 0.168 e.